The van der Waals surface area contributed by atoms with Crippen molar-refractivity contribution in [2.45, 2.75) is 19.0 Å². The zero-order valence-corrected chi connectivity index (χ0v) is 15.2. The normalized spacial score (nSPS) is 16.2. The van der Waals surface area contributed by atoms with Crippen LogP contribution in [0.15, 0.2) is 48.5 Å². The highest BCUT2D eigenvalue weighted by Crippen LogP contribution is 2.24. The van der Waals surface area contributed by atoms with E-state index in [1.54, 1.807) is 11.3 Å². The number of fused-ring (bicyclic) bond motifs is 1. The third-order valence-electron chi connectivity index (χ3n) is 4.87. The van der Waals surface area contributed by atoms with E-state index in [2.05, 4.69) is 77.2 Å². The maximum absolute atomic E-state index is 13.3. The second-order valence-corrected chi connectivity index (χ2v) is 7.62. The van der Waals surface area contributed by atoms with Crippen molar-refractivity contribution in [3.8, 4) is 0 Å². The predicted octanol–water partition coefficient (Wildman–Crippen LogP) is 4.83. The van der Waals surface area contributed by atoms with Crippen molar-refractivity contribution in [2.75, 3.05) is 18.0 Å². The molecule has 0 amide bonds. The van der Waals surface area contributed by atoms with E-state index in [9.17, 15) is 4.39 Å². The molecule has 2 heterocycles. The molecule has 0 unspecified atom stereocenters. The average Bonchev–Trinajstić information content (AvgIpc) is 2.97. The Balaban J connectivity index is 1.50. The van der Waals surface area contributed by atoms with Crippen LogP contribution in [0.2, 0.25) is 0 Å². The number of nitrogens with zero attached hydrogens (tertiary/aromatic N) is 2. The molecule has 0 N–H and O–H groups in total. The summed E-state index contributed by atoms with van der Waals surface area (Å²) >= 11 is 1.80. The summed E-state index contributed by atoms with van der Waals surface area (Å²) < 4.78 is 16.8. The van der Waals surface area contributed by atoms with Gasteiger partial charge in [-0.3, -0.25) is 0 Å². The van der Waals surface area contributed by atoms with Crippen LogP contribution >= 0.6 is 11.3 Å². The van der Waals surface area contributed by atoms with Crippen LogP contribution in [-0.2, 0) is 7.05 Å². The standard InChI is InChI=1S/C21H22FN2S/c1-23-19-4-2-3-5-20(19)25-21(23)11-8-16-6-9-18(10-7-16)24-14-12-17(22)13-15-24/h2-11,17H,12-15H2,1H3/q+1. The Morgan fingerprint density at radius 3 is 2.48 bits per heavy atom. The van der Waals surface area contributed by atoms with E-state index in [4.69, 9.17) is 0 Å². The molecule has 0 bridgehead atoms. The van der Waals surface area contributed by atoms with E-state index in [1.165, 1.54) is 26.5 Å². The maximum atomic E-state index is 13.3. The smallest absolute Gasteiger partial charge is 0.262 e. The van der Waals surface area contributed by atoms with Gasteiger partial charge >= 0.3 is 0 Å². The van der Waals surface area contributed by atoms with E-state index in [0.717, 1.165) is 13.1 Å². The van der Waals surface area contributed by atoms with E-state index < -0.39 is 6.17 Å². The molecule has 1 aliphatic heterocycles. The molecule has 0 saturated carbocycles. The molecule has 1 aliphatic rings. The van der Waals surface area contributed by atoms with Crippen LogP contribution in [0, 0.1) is 0 Å². The van der Waals surface area contributed by atoms with Crippen molar-refractivity contribution < 1.29 is 8.96 Å². The summed E-state index contributed by atoms with van der Waals surface area (Å²) in [5.41, 5.74) is 3.64. The van der Waals surface area contributed by atoms with Gasteiger partial charge in [0.25, 0.3) is 5.01 Å². The highest BCUT2D eigenvalue weighted by molar-refractivity contribution is 7.18. The largest absolute Gasteiger partial charge is 0.371 e. The molecule has 4 rings (SSSR count). The van der Waals surface area contributed by atoms with Gasteiger partial charge in [0.1, 0.15) is 17.9 Å². The minimum Gasteiger partial charge on any atom is -0.371 e. The van der Waals surface area contributed by atoms with Gasteiger partial charge in [-0.1, -0.05) is 35.6 Å². The summed E-state index contributed by atoms with van der Waals surface area (Å²) in [5, 5.41) is 1.23. The number of anilines is 1. The van der Waals surface area contributed by atoms with Crippen molar-refractivity contribution >= 4 is 39.4 Å². The summed E-state index contributed by atoms with van der Waals surface area (Å²) in [4.78, 5) is 2.27. The Morgan fingerprint density at radius 2 is 1.76 bits per heavy atom. The lowest BCUT2D eigenvalue weighted by Gasteiger charge is -2.30. The Hall–Kier alpha value is -2.20. The fourth-order valence-electron chi connectivity index (χ4n) is 3.34. The third kappa shape index (κ3) is 3.45. The monoisotopic (exact) mass is 353 g/mol. The summed E-state index contributed by atoms with van der Waals surface area (Å²) in [6.07, 6.45) is 4.99. The number of halogens is 1. The molecule has 0 radical (unpaired) electrons. The van der Waals surface area contributed by atoms with Gasteiger partial charge in [0.15, 0.2) is 0 Å². The number of para-hydroxylation sites is 1. The lowest BCUT2D eigenvalue weighted by atomic mass is 10.1. The summed E-state index contributed by atoms with van der Waals surface area (Å²) in [5.74, 6) is 0. The van der Waals surface area contributed by atoms with Crippen LogP contribution < -0.4 is 9.47 Å². The molecule has 1 fully saturated rings. The van der Waals surface area contributed by atoms with Crippen molar-refractivity contribution in [1.82, 2.24) is 0 Å². The topological polar surface area (TPSA) is 7.12 Å². The molecule has 0 spiro atoms. The zero-order chi connectivity index (χ0) is 17.2. The fourth-order valence-corrected chi connectivity index (χ4v) is 4.39. The van der Waals surface area contributed by atoms with Gasteiger partial charge in [-0.15, -0.1) is 0 Å². The van der Waals surface area contributed by atoms with Crippen LogP contribution in [0.3, 0.4) is 0 Å². The molecule has 4 heteroatoms. The predicted molar refractivity (Wildman–Crippen MR) is 105 cm³/mol. The van der Waals surface area contributed by atoms with Crippen LogP contribution in [0.1, 0.15) is 23.4 Å². The van der Waals surface area contributed by atoms with Crippen molar-refractivity contribution in [1.29, 1.82) is 0 Å². The van der Waals surface area contributed by atoms with Crippen LogP contribution in [0.4, 0.5) is 10.1 Å². The lowest BCUT2D eigenvalue weighted by Crippen LogP contribution is -2.34. The Bertz CT molecular complexity index is 890. The van der Waals surface area contributed by atoms with Gasteiger partial charge in [-0.05, 0) is 42.7 Å². The molecule has 0 atom stereocenters. The summed E-state index contributed by atoms with van der Waals surface area (Å²) in [6.45, 7) is 1.63. The second-order valence-electron chi connectivity index (χ2n) is 6.55. The van der Waals surface area contributed by atoms with Crippen molar-refractivity contribution in [3.05, 3.63) is 59.1 Å². The van der Waals surface area contributed by atoms with Gasteiger partial charge in [-0.2, -0.15) is 4.57 Å². The lowest BCUT2D eigenvalue weighted by molar-refractivity contribution is -0.642. The molecular weight excluding hydrogens is 331 g/mol. The van der Waals surface area contributed by atoms with E-state index in [-0.39, 0.29) is 0 Å². The molecule has 1 saturated heterocycles. The first-order valence-electron chi connectivity index (χ1n) is 8.75. The maximum Gasteiger partial charge on any atom is 0.262 e. The number of aryl methyl sites for hydroxylation is 1. The highest BCUT2D eigenvalue weighted by Gasteiger charge is 2.18. The fraction of sp³-hybridized carbons (Fsp3) is 0.286. The van der Waals surface area contributed by atoms with Crippen LogP contribution in [0.5, 0.6) is 0 Å². The Morgan fingerprint density at radius 1 is 1.04 bits per heavy atom. The first kappa shape index (κ1) is 16.3. The van der Waals surface area contributed by atoms with E-state index in [1.807, 2.05) is 0 Å². The summed E-state index contributed by atoms with van der Waals surface area (Å²) in [6, 6.07) is 17.0. The number of rotatable bonds is 3. The molecule has 3 aromatic rings. The molecule has 1 aromatic heterocycles. The molecule has 2 nitrogen and oxygen atoms in total. The van der Waals surface area contributed by atoms with Gasteiger partial charge in [-0.25, -0.2) is 4.39 Å². The SMILES string of the molecule is C[n+]1c(C=Cc2ccc(N3CCC(F)CC3)cc2)sc2ccccc21. The number of alkyl halides is 1. The molecule has 2 aromatic carbocycles. The molecule has 25 heavy (non-hydrogen) atoms. The minimum absolute atomic E-state index is 0.625. The van der Waals surface area contributed by atoms with E-state index >= 15 is 0 Å². The highest BCUT2D eigenvalue weighted by atomic mass is 32.1. The number of benzene rings is 2. The molecule has 128 valence electrons. The first-order chi connectivity index (χ1) is 12.2. The van der Waals surface area contributed by atoms with E-state index in [0.29, 0.717) is 12.8 Å². The molecule has 0 aliphatic carbocycles. The summed E-state index contributed by atoms with van der Waals surface area (Å²) in [7, 11) is 2.11. The number of thiazole rings is 1. The van der Waals surface area contributed by atoms with Gasteiger partial charge in [0.2, 0.25) is 5.52 Å². The van der Waals surface area contributed by atoms with Crippen molar-refractivity contribution in [2.24, 2.45) is 7.05 Å². The number of piperidine rings is 1. The Kier molecular flexibility index (Phi) is 4.53. The number of aromatic nitrogens is 1. The first-order valence-corrected chi connectivity index (χ1v) is 9.57. The molecular formula is C21H22FN2S+. The quantitative estimate of drug-likeness (QED) is 0.612. The van der Waals surface area contributed by atoms with Crippen LogP contribution in [0.25, 0.3) is 22.4 Å². The average molecular weight is 353 g/mol. The Labute approximate surface area is 151 Å². The van der Waals surface area contributed by atoms with Gasteiger partial charge in [0, 0.05) is 30.9 Å². The van der Waals surface area contributed by atoms with Crippen LogP contribution in [-0.4, -0.2) is 19.3 Å². The third-order valence-corrected chi connectivity index (χ3v) is 6.06. The second kappa shape index (κ2) is 6.96. The van der Waals surface area contributed by atoms with Gasteiger partial charge < -0.3 is 4.90 Å². The minimum atomic E-state index is -0.625. The van der Waals surface area contributed by atoms with Crippen molar-refractivity contribution in [3.63, 3.8) is 0 Å². The zero-order valence-electron chi connectivity index (χ0n) is 14.4. The number of hydrogen-bond donors (Lipinski definition) is 0. The van der Waals surface area contributed by atoms with Gasteiger partial charge in [0.05, 0.1) is 0 Å². The number of hydrogen-bond acceptors (Lipinski definition) is 2.